The maximum Gasteiger partial charge on any atom is 0.00643 e. The van der Waals surface area contributed by atoms with E-state index >= 15 is 0 Å². The van der Waals surface area contributed by atoms with Crippen LogP contribution in [0.5, 0.6) is 0 Å². The van der Waals surface area contributed by atoms with Gasteiger partial charge in [0, 0.05) is 12.6 Å². The molecule has 0 aromatic rings. The average molecular weight is 238 g/mol. The molecule has 2 fully saturated rings. The molecule has 0 N–H and O–H groups in total. The molecule has 0 bridgehead atoms. The quantitative estimate of drug-likeness (QED) is 0.746. The van der Waals surface area contributed by atoms with Crippen molar-refractivity contribution in [3.05, 3.63) is 0 Å². The molecule has 0 aromatic heterocycles. The molecule has 0 aliphatic carbocycles. The fraction of sp³-hybridized carbons (Fsp3) is 1.00. The van der Waals surface area contributed by atoms with Crippen LogP contribution in [0.1, 0.15) is 52.9 Å². The van der Waals surface area contributed by atoms with Crippen molar-refractivity contribution in [3.8, 4) is 0 Å². The molecule has 2 aliphatic heterocycles. The number of rotatable bonds is 3. The molecule has 0 amide bonds. The first-order chi connectivity index (χ1) is 8.19. The van der Waals surface area contributed by atoms with Crippen molar-refractivity contribution in [2.45, 2.75) is 58.9 Å². The zero-order valence-corrected chi connectivity index (χ0v) is 12.0. The van der Waals surface area contributed by atoms with Crippen molar-refractivity contribution in [3.63, 3.8) is 0 Å². The molecule has 2 nitrogen and oxygen atoms in total. The predicted octanol–water partition coefficient (Wildman–Crippen LogP) is 2.98. The van der Waals surface area contributed by atoms with Crippen LogP contribution in [0.25, 0.3) is 0 Å². The zero-order valence-electron chi connectivity index (χ0n) is 12.0. The lowest BCUT2D eigenvalue weighted by atomic mass is 9.72. The van der Waals surface area contributed by atoms with E-state index in [1.807, 2.05) is 0 Å². The molecule has 100 valence electrons. The van der Waals surface area contributed by atoms with E-state index in [4.69, 9.17) is 0 Å². The molecular formula is C15H30N2. The first kappa shape index (κ1) is 13.4. The number of piperidine rings is 2. The third kappa shape index (κ3) is 3.03. The van der Waals surface area contributed by atoms with E-state index in [1.54, 1.807) is 0 Å². The number of hydrogen-bond acceptors (Lipinski definition) is 2. The normalized spacial score (nSPS) is 28.4. The summed E-state index contributed by atoms with van der Waals surface area (Å²) in [7, 11) is 0. The maximum absolute atomic E-state index is 2.70. The molecule has 2 saturated heterocycles. The topological polar surface area (TPSA) is 6.48 Å². The molecule has 2 aliphatic rings. The fourth-order valence-electron chi connectivity index (χ4n) is 3.69. The Morgan fingerprint density at radius 1 is 1.06 bits per heavy atom. The van der Waals surface area contributed by atoms with Crippen molar-refractivity contribution in [2.75, 3.05) is 32.7 Å². The van der Waals surface area contributed by atoms with Gasteiger partial charge < -0.3 is 9.80 Å². The Morgan fingerprint density at radius 3 is 2.35 bits per heavy atom. The summed E-state index contributed by atoms with van der Waals surface area (Å²) in [6, 6.07) is 0.790. The molecular weight excluding hydrogens is 208 g/mol. The summed E-state index contributed by atoms with van der Waals surface area (Å²) < 4.78 is 0. The third-order valence-electron chi connectivity index (χ3n) is 5.26. The van der Waals surface area contributed by atoms with Gasteiger partial charge in [0.1, 0.15) is 0 Å². The SMILES string of the molecule is CCC(C)N1CCC2(CCCN(CC)C2)CC1. The summed E-state index contributed by atoms with van der Waals surface area (Å²) >= 11 is 0. The van der Waals surface area contributed by atoms with E-state index in [-0.39, 0.29) is 0 Å². The monoisotopic (exact) mass is 238 g/mol. The van der Waals surface area contributed by atoms with Gasteiger partial charge in [-0.25, -0.2) is 0 Å². The van der Waals surface area contributed by atoms with Crippen molar-refractivity contribution in [2.24, 2.45) is 5.41 Å². The number of likely N-dealkylation sites (tertiary alicyclic amines) is 2. The summed E-state index contributed by atoms with van der Waals surface area (Å²) in [6.45, 7) is 13.7. The molecule has 1 spiro atoms. The van der Waals surface area contributed by atoms with Gasteiger partial charge in [-0.2, -0.15) is 0 Å². The van der Waals surface area contributed by atoms with Crippen LogP contribution >= 0.6 is 0 Å². The highest BCUT2D eigenvalue weighted by molar-refractivity contribution is 4.92. The number of nitrogens with zero attached hydrogens (tertiary/aromatic N) is 2. The second-order valence-corrected chi connectivity index (χ2v) is 6.27. The molecule has 0 saturated carbocycles. The minimum absolute atomic E-state index is 0.679. The second-order valence-electron chi connectivity index (χ2n) is 6.27. The van der Waals surface area contributed by atoms with Gasteiger partial charge in [-0.15, -0.1) is 0 Å². The smallest absolute Gasteiger partial charge is 0.00643 e. The predicted molar refractivity (Wildman–Crippen MR) is 74.3 cm³/mol. The van der Waals surface area contributed by atoms with Crippen LogP contribution in [-0.2, 0) is 0 Å². The summed E-state index contributed by atoms with van der Waals surface area (Å²) in [5.41, 5.74) is 0.679. The first-order valence-corrected chi connectivity index (χ1v) is 7.65. The highest BCUT2D eigenvalue weighted by atomic mass is 15.2. The summed E-state index contributed by atoms with van der Waals surface area (Å²) in [4.78, 5) is 5.37. The van der Waals surface area contributed by atoms with E-state index in [0.717, 1.165) is 6.04 Å². The van der Waals surface area contributed by atoms with Gasteiger partial charge in [0.2, 0.25) is 0 Å². The van der Waals surface area contributed by atoms with E-state index in [9.17, 15) is 0 Å². The lowest BCUT2D eigenvalue weighted by Gasteiger charge is -2.48. The van der Waals surface area contributed by atoms with Crippen LogP contribution in [0.4, 0.5) is 0 Å². The number of hydrogen-bond donors (Lipinski definition) is 0. The minimum Gasteiger partial charge on any atom is -0.303 e. The van der Waals surface area contributed by atoms with Crippen molar-refractivity contribution in [1.29, 1.82) is 0 Å². The average Bonchev–Trinajstić information content (AvgIpc) is 2.39. The molecule has 0 aromatic carbocycles. The van der Waals surface area contributed by atoms with Gasteiger partial charge in [0.05, 0.1) is 0 Å². The Hall–Kier alpha value is -0.0800. The molecule has 17 heavy (non-hydrogen) atoms. The van der Waals surface area contributed by atoms with Crippen LogP contribution in [-0.4, -0.2) is 48.6 Å². The highest BCUT2D eigenvalue weighted by Gasteiger charge is 2.38. The zero-order chi connectivity index (χ0) is 12.3. The maximum atomic E-state index is 2.70. The summed E-state index contributed by atoms with van der Waals surface area (Å²) in [5, 5.41) is 0. The Kier molecular flexibility index (Phi) is 4.48. The van der Waals surface area contributed by atoms with Gasteiger partial charge in [-0.3, -0.25) is 0 Å². The molecule has 2 heteroatoms. The van der Waals surface area contributed by atoms with Gasteiger partial charge in [0.25, 0.3) is 0 Å². The van der Waals surface area contributed by atoms with Crippen molar-refractivity contribution in [1.82, 2.24) is 9.80 Å². The Labute approximate surface area is 107 Å². The van der Waals surface area contributed by atoms with Gasteiger partial charge in [-0.05, 0) is 70.6 Å². The minimum atomic E-state index is 0.679. The van der Waals surface area contributed by atoms with Crippen LogP contribution in [0.2, 0.25) is 0 Å². The molecule has 1 unspecified atom stereocenters. The third-order valence-corrected chi connectivity index (χ3v) is 5.26. The van der Waals surface area contributed by atoms with E-state index in [1.165, 1.54) is 64.8 Å². The van der Waals surface area contributed by atoms with Crippen LogP contribution in [0.15, 0.2) is 0 Å². The standard InChI is InChI=1S/C15H30N2/c1-4-14(3)17-11-8-15(9-12-17)7-6-10-16(5-2)13-15/h14H,4-13H2,1-3H3. The van der Waals surface area contributed by atoms with E-state index in [2.05, 4.69) is 30.6 Å². The summed E-state index contributed by atoms with van der Waals surface area (Å²) in [6.07, 6.45) is 7.09. The Balaban J connectivity index is 1.88. The Morgan fingerprint density at radius 2 is 1.76 bits per heavy atom. The fourth-order valence-corrected chi connectivity index (χ4v) is 3.69. The molecule has 1 atom stereocenters. The molecule has 2 rings (SSSR count). The largest absolute Gasteiger partial charge is 0.303 e. The van der Waals surface area contributed by atoms with Crippen LogP contribution in [0.3, 0.4) is 0 Å². The lowest BCUT2D eigenvalue weighted by molar-refractivity contribution is 0.0143. The van der Waals surface area contributed by atoms with Crippen molar-refractivity contribution >= 4 is 0 Å². The van der Waals surface area contributed by atoms with Gasteiger partial charge >= 0.3 is 0 Å². The molecule has 0 radical (unpaired) electrons. The first-order valence-electron chi connectivity index (χ1n) is 7.65. The van der Waals surface area contributed by atoms with Crippen LogP contribution < -0.4 is 0 Å². The summed E-state index contributed by atoms with van der Waals surface area (Å²) in [5.74, 6) is 0. The molecule has 2 heterocycles. The van der Waals surface area contributed by atoms with Crippen LogP contribution in [0, 0.1) is 5.41 Å². The van der Waals surface area contributed by atoms with E-state index < -0.39 is 0 Å². The second kappa shape index (κ2) is 5.71. The highest BCUT2D eigenvalue weighted by Crippen LogP contribution is 2.40. The van der Waals surface area contributed by atoms with E-state index in [0.29, 0.717) is 5.41 Å². The van der Waals surface area contributed by atoms with Crippen molar-refractivity contribution < 1.29 is 0 Å². The van der Waals surface area contributed by atoms with Gasteiger partial charge in [-0.1, -0.05) is 13.8 Å². The Bertz CT molecular complexity index is 231. The lowest BCUT2D eigenvalue weighted by Crippen LogP contribution is -2.51. The van der Waals surface area contributed by atoms with Gasteiger partial charge in [0.15, 0.2) is 0 Å².